The summed E-state index contributed by atoms with van der Waals surface area (Å²) in [6, 6.07) is 4.74. The van der Waals surface area contributed by atoms with Gasteiger partial charge in [-0.25, -0.2) is 4.39 Å². The molecule has 1 aromatic carbocycles. The Morgan fingerprint density at radius 3 is 2.94 bits per heavy atom. The molecule has 2 nitrogen and oxygen atoms in total. The number of benzene rings is 1. The number of halogens is 3. The van der Waals surface area contributed by atoms with Gasteiger partial charge in [0.2, 0.25) is 0 Å². The van der Waals surface area contributed by atoms with Crippen molar-refractivity contribution >= 4 is 24.0 Å². The maximum atomic E-state index is 13.4. The lowest BCUT2D eigenvalue weighted by Gasteiger charge is -2.11. The highest BCUT2D eigenvalue weighted by Gasteiger charge is 2.15. The average molecular weight is 280 g/mol. The highest BCUT2D eigenvalue weighted by Crippen LogP contribution is 2.18. The molecule has 0 aromatic heterocycles. The maximum Gasteiger partial charge on any atom is 0.129 e. The van der Waals surface area contributed by atoms with E-state index in [2.05, 4.69) is 5.32 Å². The largest absolute Gasteiger partial charge is 0.377 e. The Bertz CT molecular complexity index is 336. The second-order valence-corrected chi connectivity index (χ2v) is 4.37. The summed E-state index contributed by atoms with van der Waals surface area (Å²) in [5.74, 6) is -0.257. The Hall–Kier alpha value is -0.350. The minimum absolute atomic E-state index is 0. The highest BCUT2D eigenvalue weighted by molar-refractivity contribution is 6.31. The molecule has 5 heteroatoms. The zero-order valence-corrected chi connectivity index (χ0v) is 11.0. The molecule has 0 saturated carbocycles. The van der Waals surface area contributed by atoms with Crippen molar-refractivity contribution in [1.82, 2.24) is 5.32 Å². The maximum absolute atomic E-state index is 13.4. The van der Waals surface area contributed by atoms with Crippen LogP contribution >= 0.6 is 24.0 Å². The van der Waals surface area contributed by atoms with Crippen LogP contribution < -0.4 is 5.32 Å². The molecule has 1 heterocycles. The molecule has 1 saturated heterocycles. The van der Waals surface area contributed by atoms with Gasteiger partial charge in [0.25, 0.3) is 0 Å². The molecular weight excluding hydrogens is 264 g/mol. The van der Waals surface area contributed by atoms with Crippen LogP contribution in [-0.2, 0) is 11.3 Å². The van der Waals surface area contributed by atoms with E-state index in [0.29, 0.717) is 17.1 Å². The van der Waals surface area contributed by atoms with Crippen molar-refractivity contribution in [2.24, 2.45) is 0 Å². The third-order valence-corrected chi connectivity index (χ3v) is 3.11. The van der Waals surface area contributed by atoms with E-state index >= 15 is 0 Å². The summed E-state index contributed by atoms with van der Waals surface area (Å²) in [5, 5.41) is 3.65. The van der Waals surface area contributed by atoms with Crippen molar-refractivity contribution in [2.45, 2.75) is 25.5 Å². The zero-order valence-electron chi connectivity index (χ0n) is 9.42. The van der Waals surface area contributed by atoms with Crippen LogP contribution in [-0.4, -0.2) is 19.3 Å². The zero-order chi connectivity index (χ0) is 11.4. The predicted octanol–water partition coefficient (Wildman–Crippen LogP) is 3.17. The van der Waals surface area contributed by atoms with Gasteiger partial charge < -0.3 is 10.1 Å². The fourth-order valence-electron chi connectivity index (χ4n) is 1.86. The normalized spacial score (nSPS) is 19.1. The third kappa shape index (κ3) is 4.11. The molecular formula is C12H16Cl2FNO. The second-order valence-electron chi connectivity index (χ2n) is 3.97. The lowest BCUT2D eigenvalue weighted by atomic mass is 10.2. The van der Waals surface area contributed by atoms with E-state index in [0.717, 1.165) is 26.0 Å². The monoisotopic (exact) mass is 279 g/mol. The Morgan fingerprint density at radius 2 is 2.29 bits per heavy atom. The van der Waals surface area contributed by atoms with Crippen LogP contribution in [0.1, 0.15) is 18.4 Å². The molecule has 0 aliphatic carbocycles. The first-order valence-corrected chi connectivity index (χ1v) is 5.90. The van der Waals surface area contributed by atoms with E-state index in [1.54, 1.807) is 12.1 Å². The standard InChI is InChI=1S/C12H15ClFNO.ClH/c13-11-4-1-5-12(14)10(11)8-15-7-9-3-2-6-16-9;/h1,4-5,9,15H,2-3,6-8H2;1H. The van der Waals surface area contributed by atoms with Gasteiger partial charge in [-0.05, 0) is 25.0 Å². The molecule has 0 bridgehead atoms. The Balaban J connectivity index is 0.00000144. The van der Waals surface area contributed by atoms with Gasteiger partial charge in [0, 0.05) is 30.3 Å². The first-order chi connectivity index (χ1) is 7.77. The van der Waals surface area contributed by atoms with Crippen molar-refractivity contribution < 1.29 is 9.13 Å². The van der Waals surface area contributed by atoms with Crippen molar-refractivity contribution in [3.05, 3.63) is 34.6 Å². The van der Waals surface area contributed by atoms with Gasteiger partial charge in [0.1, 0.15) is 5.82 Å². The summed E-state index contributed by atoms with van der Waals surface area (Å²) in [6.07, 6.45) is 2.47. The fourth-order valence-corrected chi connectivity index (χ4v) is 2.09. The van der Waals surface area contributed by atoms with E-state index in [1.807, 2.05) is 0 Å². The number of ether oxygens (including phenoxy) is 1. The predicted molar refractivity (Wildman–Crippen MR) is 69.3 cm³/mol. The second kappa shape index (κ2) is 7.17. The minimum atomic E-state index is -0.257. The van der Waals surface area contributed by atoms with Crippen molar-refractivity contribution in [3.63, 3.8) is 0 Å². The number of nitrogens with one attached hydrogen (secondary N) is 1. The molecule has 0 spiro atoms. The van der Waals surface area contributed by atoms with Crippen LogP contribution in [0, 0.1) is 5.82 Å². The first-order valence-electron chi connectivity index (χ1n) is 5.52. The molecule has 1 unspecified atom stereocenters. The summed E-state index contributed by atoms with van der Waals surface area (Å²) < 4.78 is 18.9. The number of hydrogen-bond acceptors (Lipinski definition) is 2. The number of rotatable bonds is 4. The molecule has 1 aromatic rings. The first kappa shape index (κ1) is 14.7. The van der Waals surface area contributed by atoms with Crippen LogP contribution in [0.3, 0.4) is 0 Å². The smallest absolute Gasteiger partial charge is 0.129 e. The third-order valence-electron chi connectivity index (χ3n) is 2.76. The van der Waals surface area contributed by atoms with Gasteiger partial charge in [-0.1, -0.05) is 17.7 Å². The molecule has 1 aliphatic rings. The van der Waals surface area contributed by atoms with Gasteiger partial charge in [0.15, 0.2) is 0 Å². The summed E-state index contributed by atoms with van der Waals surface area (Å²) in [5.41, 5.74) is 0.530. The van der Waals surface area contributed by atoms with E-state index in [1.165, 1.54) is 6.07 Å². The highest BCUT2D eigenvalue weighted by atomic mass is 35.5. The molecule has 0 radical (unpaired) electrons. The Kier molecular flexibility index (Phi) is 6.20. The molecule has 1 aliphatic heterocycles. The topological polar surface area (TPSA) is 21.3 Å². The summed E-state index contributed by atoms with van der Waals surface area (Å²) in [6.45, 7) is 2.04. The molecule has 1 fully saturated rings. The lowest BCUT2D eigenvalue weighted by Crippen LogP contribution is -2.26. The lowest BCUT2D eigenvalue weighted by molar-refractivity contribution is 0.110. The van der Waals surface area contributed by atoms with Gasteiger partial charge in [-0.3, -0.25) is 0 Å². The van der Waals surface area contributed by atoms with Gasteiger partial charge in [-0.2, -0.15) is 0 Å². The van der Waals surface area contributed by atoms with Crippen molar-refractivity contribution in [2.75, 3.05) is 13.2 Å². The van der Waals surface area contributed by atoms with Crippen molar-refractivity contribution in [3.8, 4) is 0 Å². The molecule has 1 N–H and O–H groups in total. The summed E-state index contributed by atoms with van der Waals surface area (Å²) in [4.78, 5) is 0. The summed E-state index contributed by atoms with van der Waals surface area (Å²) in [7, 11) is 0. The van der Waals surface area contributed by atoms with Crippen LogP contribution in [0.25, 0.3) is 0 Å². The molecule has 1 atom stereocenters. The van der Waals surface area contributed by atoms with E-state index in [4.69, 9.17) is 16.3 Å². The minimum Gasteiger partial charge on any atom is -0.377 e. The van der Waals surface area contributed by atoms with E-state index in [-0.39, 0.29) is 24.3 Å². The van der Waals surface area contributed by atoms with Gasteiger partial charge in [-0.15, -0.1) is 12.4 Å². The van der Waals surface area contributed by atoms with Crippen LogP contribution in [0.4, 0.5) is 4.39 Å². The number of hydrogen-bond donors (Lipinski definition) is 1. The SMILES string of the molecule is Cl.Fc1cccc(Cl)c1CNCC1CCCO1. The van der Waals surface area contributed by atoms with Crippen molar-refractivity contribution in [1.29, 1.82) is 0 Å². The molecule has 17 heavy (non-hydrogen) atoms. The summed E-state index contributed by atoms with van der Waals surface area (Å²) >= 11 is 5.91. The van der Waals surface area contributed by atoms with E-state index < -0.39 is 0 Å². The molecule has 0 amide bonds. The van der Waals surface area contributed by atoms with Crippen LogP contribution in [0.15, 0.2) is 18.2 Å². The Labute approximate surface area is 112 Å². The van der Waals surface area contributed by atoms with Crippen LogP contribution in [0.2, 0.25) is 5.02 Å². The van der Waals surface area contributed by atoms with Crippen LogP contribution in [0.5, 0.6) is 0 Å². The van der Waals surface area contributed by atoms with Gasteiger partial charge >= 0.3 is 0 Å². The average Bonchev–Trinajstić information content (AvgIpc) is 2.75. The fraction of sp³-hybridized carbons (Fsp3) is 0.500. The Morgan fingerprint density at radius 1 is 1.47 bits per heavy atom. The quantitative estimate of drug-likeness (QED) is 0.914. The molecule has 96 valence electrons. The van der Waals surface area contributed by atoms with E-state index in [9.17, 15) is 4.39 Å². The van der Waals surface area contributed by atoms with Gasteiger partial charge in [0.05, 0.1) is 6.10 Å². The molecule has 2 rings (SSSR count).